The van der Waals surface area contributed by atoms with Crippen LogP contribution in [0.5, 0.6) is 0 Å². The average Bonchev–Trinajstić information content (AvgIpc) is 2.87. The van der Waals surface area contributed by atoms with Crippen LogP contribution in [-0.4, -0.2) is 20.7 Å². The van der Waals surface area contributed by atoms with Gasteiger partial charge in [-0.05, 0) is 49.9 Å². The van der Waals surface area contributed by atoms with E-state index in [2.05, 4.69) is 45.0 Å². The monoisotopic (exact) mass is 298 g/mol. The summed E-state index contributed by atoms with van der Waals surface area (Å²) in [6.07, 6.45) is 3.38. The van der Waals surface area contributed by atoms with Crippen molar-refractivity contribution < 1.29 is 0 Å². The Morgan fingerprint density at radius 1 is 1.23 bits per heavy atom. The molecule has 0 atom stereocenters. The van der Waals surface area contributed by atoms with Gasteiger partial charge in [0, 0.05) is 18.7 Å². The Hall–Kier alpha value is -2.37. The standard InChI is InChI=1S/C16H22N6/c1-11-7-12(2)9-13(8-11)19-16(17)18-10-15-21-20-14-5-3-4-6-22(14)15/h7-9H,3-6,10H2,1-2H3,(H3,17,18,19). The summed E-state index contributed by atoms with van der Waals surface area (Å²) in [5.41, 5.74) is 9.33. The largest absolute Gasteiger partial charge is 0.370 e. The van der Waals surface area contributed by atoms with Gasteiger partial charge in [-0.15, -0.1) is 10.2 Å². The Balaban J connectivity index is 1.68. The number of rotatable bonds is 3. The quantitative estimate of drug-likeness (QED) is 0.672. The topological polar surface area (TPSA) is 81.1 Å². The minimum Gasteiger partial charge on any atom is -0.370 e. The number of benzene rings is 1. The second kappa shape index (κ2) is 6.17. The Morgan fingerprint density at radius 2 is 2.00 bits per heavy atom. The highest BCUT2D eigenvalue weighted by molar-refractivity contribution is 5.92. The van der Waals surface area contributed by atoms with Gasteiger partial charge in [0.1, 0.15) is 12.4 Å². The van der Waals surface area contributed by atoms with Crippen LogP contribution in [0.25, 0.3) is 0 Å². The van der Waals surface area contributed by atoms with Crippen molar-refractivity contribution >= 4 is 11.6 Å². The average molecular weight is 298 g/mol. The number of nitrogens with zero attached hydrogens (tertiary/aromatic N) is 4. The molecule has 0 aliphatic carbocycles. The first-order chi connectivity index (χ1) is 10.6. The van der Waals surface area contributed by atoms with Gasteiger partial charge in [0.2, 0.25) is 0 Å². The lowest BCUT2D eigenvalue weighted by Gasteiger charge is -2.14. The summed E-state index contributed by atoms with van der Waals surface area (Å²) in [5.74, 6) is 2.36. The molecule has 1 aromatic carbocycles. The summed E-state index contributed by atoms with van der Waals surface area (Å²) >= 11 is 0. The van der Waals surface area contributed by atoms with E-state index in [4.69, 9.17) is 5.73 Å². The molecule has 6 nitrogen and oxygen atoms in total. The van der Waals surface area contributed by atoms with Crippen molar-refractivity contribution in [3.63, 3.8) is 0 Å². The van der Waals surface area contributed by atoms with Crippen LogP contribution >= 0.6 is 0 Å². The molecular formula is C16H22N6. The first-order valence-electron chi connectivity index (χ1n) is 7.68. The molecule has 1 aliphatic heterocycles. The molecule has 3 N–H and O–H groups in total. The van der Waals surface area contributed by atoms with Crippen molar-refractivity contribution in [2.75, 3.05) is 5.32 Å². The number of hydrogen-bond acceptors (Lipinski definition) is 3. The number of aliphatic imine (C=N–C) groups is 1. The molecule has 0 bridgehead atoms. The van der Waals surface area contributed by atoms with E-state index >= 15 is 0 Å². The second-order valence-corrected chi connectivity index (χ2v) is 5.84. The highest BCUT2D eigenvalue weighted by Gasteiger charge is 2.15. The fourth-order valence-electron chi connectivity index (χ4n) is 2.88. The molecule has 1 aromatic heterocycles. The second-order valence-electron chi connectivity index (χ2n) is 5.84. The van der Waals surface area contributed by atoms with Crippen LogP contribution in [0.15, 0.2) is 23.2 Å². The van der Waals surface area contributed by atoms with Gasteiger partial charge in [-0.1, -0.05) is 6.07 Å². The molecule has 0 saturated carbocycles. The van der Waals surface area contributed by atoms with Crippen LogP contribution in [0.1, 0.15) is 35.6 Å². The summed E-state index contributed by atoms with van der Waals surface area (Å²) in [5, 5.41) is 11.6. The van der Waals surface area contributed by atoms with Crippen LogP contribution in [-0.2, 0) is 19.5 Å². The summed E-state index contributed by atoms with van der Waals surface area (Å²) in [6, 6.07) is 6.23. The van der Waals surface area contributed by atoms with Crippen molar-refractivity contribution in [2.24, 2.45) is 10.7 Å². The molecule has 1 aliphatic rings. The molecule has 0 radical (unpaired) electrons. The molecule has 3 rings (SSSR count). The van der Waals surface area contributed by atoms with E-state index in [1.54, 1.807) is 0 Å². The SMILES string of the molecule is Cc1cc(C)cc(NC(N)=NCc2nnc3n2CCCC3)c1. The number of nitrogens with two attached hydrogens (primary N) is 1. The van der Waals surface area contributed by atoms with Gasteiger partial charge in [0.25, 0.3) is 0 Å². The van der Waals surface area contributed by atoms with E-state index in [0.29, 0.717) is 12.5 Å². The van der Waals surface area contributed by atoms with Crippen molar-refractivity contribution in [1.29, 1.82) is 0 Å². The van der Waals surface area contributed by atoms with Crippen LogP contribution in [0.4, 0.5) is 5.69 Å². The van der Waals surface area contributed by atoms with E-state index in [9.17, 15) is 0 Å². The van der Waals surface area contributed by atoms with Gasteiger partial charge in [-0.25, -0.2) is 4.99 Å². The Bertz CT molecular complexity index is 680. The van der Waals surface area contributed by atoms with Crippen LogP contribution in [0.3, 0.4) is 0 Å². The van der Waals surface area contributed by atoms with E-state index in [-0.39, 0.29) is 0 Å². The zero-order chi connectivity index (χ0) is 15.5. The van der Waals surface area contributed by atoms with Crippen molar-refractivity contribution in [1.82, 2.24) is 14.8 Å². The molecule has 0 saturated heterocycles. The van der Waals surface area contributed by atoms with E-state index < -0.39 is 0 Å². The molecule has 22 heavy (non-hydrogen) atoms. The van der Waals surface area contributed by atoms with Gasteiger partial charge in [-0.3, -0.25) is 0 Å². The number of aromatic nitrogens is 3. The molecule has 2 aromatic rings. The van der Waals surface area contributed by atoms with E-state index in [0.717, 1.165) is 30.3 Å². The lowest BCUT2D eigenvalue weighted by molar-refractivity contribution is 0.508. The normalized spacial score (nSPS) is 14.7. The zero-order valence-electron chi connectivity index (χ0n) is 13.1. The number of guanidine groups is 1. The summed E-state index contributed by atoms with van der Waals surface area (Å²) in [4.78, 5) is 4.39. The van der Waals surface area contributed by atoms with Crippen molar-refractivity contribution in [3.8, 4) is 0 Å². The van der Waals surface area contributed by atoms with Gasteiger partial charge in [0.15, 0.2) is 11.8 Å². The van der Waals surface area contributed by atoms with Gasteiger partial charge in [0.05, 0.1) is 0 Å². The first kappa shape index (κ1) is 14.6. The number of hydrogen-bond donors (Lipinski definition) is 2. The Labute approximate surface area is 130 Å². The highest BCUT2D eigenvalue weighted by Crippen LogP contribution is 2.15. The van der Waals surface area contributed by atoms with E-state index in [1.165, 1.54) is 24.0 Å². The summed E-state index contributed by atoms with van der Waals surface area (Å²) < 4.78 is 2.16. The molecule has 0 spiro atoms. The summed E-state index contributed by atoms with van der Waals surface area (Å²) in [7, 11) is 0. The van der Waals surface area contributed by atoms with Gasteiger partial charge >= 0.3 is 0 Å². The maximum absolute atomic E-state index is 5.98. The molecule has 0 unspecified atom stereocenters. The van der Waals surface area contributed by atoms with Crippen molar-refractivity contribution in [2.45, 2.75) is 46.2 Å². The molecular weight excluding hydrogens is 276 g/mol. The van der Waals surface area contributed by atoms with Gasteiger partial charge < -0.3 is 15.6 Å². The first-order valence-corrected chi connectivity index (χ1v) is 7.68. The molecule has 0 fully saturated rings. The maximum atomic E-state index is 5.98. The highest BCUT2D eigenvalue weighted by atomic mass is 15.3. The smallest absolute Gasteiger partial charge is 0.193 e. The predicted octanol–water partition coefficient (Wildman–Crippen LogP) is 2.16. The van der Waals surface area contributed by atoms with Crippen LogP contribution in [0, 0.1) is 13.8 Å². The third-order valence-corrected chi connectivity index (χ3v) is 3.82. The maximum Gasteiger partial charge on any atom is 0.193 e. The predicted molar refractivity (Wildman–Crippen MR) is 87.8 cm³/mol. The molecule has 116 valence electrons. The third-order valence-electron chi connectivity index (χ3n) is 3.82. The minimum absolute atomic E-state index is 0.401. The third kappa shape index (κ3) is 3.27. The fourth-order valence-corrected chi connectivity index (χ4v) is 2.88. The number of nitrogens with one attached hydrogen (secondary N) is 1. The number of fused-ring (bicyclic) bond motifs is 1. The van der Waals surface area contributed by atoms with Crippen molar-refractivity contribution in [3.05, 3.63) is 41.0 Å². The molecule has 6 heteroatoms. The number of anilines is 1. The minimum atomic E-state index is 0.401. The Kier molecular flexibility index (Phi) is 4.09. The van der Waals surface area contributed by atoms with Crippen LogP contribution < -0.4 is 11.1 Å². The van der Waals surface area contributed by atoms with Crippen LogP contribution in [0.2, 0.25) is 0 Å². The number of aryl methyl sites for hydroxylation is 3. The fraction of sp³-hybridized carbons (Fsp3) is 0.438. The molecule has 2 heterocycles. The lowest BCUT2D eigenvalue weighted by atomic mass is 10.1. The van der Waals surface area contributed by atoms with E-state index in [1.807, 2.05) is 12.1 Å². The molecule has 0 amide bonds. The van der Waals surface area contributed by atoms with Gasteiger partial charge in [-0.2, -0.15) is 0 Å². The Morgan fingerprint density at radius 3 is 2.77 bits per heavy atom. The zero-order valence-corrected chi connectivity index (χ0v) is 13.1. The summed E-state index contributed by atoms with van der Waals surface area (Å²) in [6.45, 7) is 5.57. The lowest BCUT2D eigenvalue weighted by Crippen LogP contribution is -2.23.